The lowest BCUT2D eigenvalue weighted by molar-refractivity contribution is -0.116. The number of hydrogen-bond acceptors (Lipinski definition) is 5. The molecule has 1 aromatic heterocycles. The number of aromatic nitrogens is 3. The van der Waals surface area contributed by atoms with Crippen molar-refractivity contribution < 1.29 is 9.53 Å². The Labute approximate surface area is 160 Å². The number of carbonyl (C=O) groups excluding carboxylic acids is 1. The van der Waals surface area contributed by atoms with E-state index in [-0.39, 0.29) is 13.1 Å². The van der Waals surface area contributed by atoms with Crippen LogP contribution in [0.15, 0.2) is 64.0 Å². The molecule has 0 aliphatic heterocycles. The number of rotatable bonds is 9. The summed E-state index contributed by atoms with van der Waals surface area (Å²) in [4.78, 5) is 49.7. The molecular weight excluding hydrogens is 364 g/mol. The fourth-order valence-corrected chi connectivity index (χ4v) is 2.53. The number of anilines is 1. The van der Waals surface area contributed by atoms with Gasteiger partial charge < -0.3 is 10.1 Å². The first-order chi connectivity index (χ1) is 13.4. The summed E-state index contributed by atoms with van der Waals surface area (Å²) in [7, 11) is 0. The second kappa shape index (κ2) is 9.36. The lowest BCUT2D eigenvalue weighted by Gasteiger charge is -2.12. The zero-order valence-corrected chi connectivity index (χ0v) is 15.6. The highest BCUT2D eigenvalue weighted by atomic mass is 16.5. The Balaban J connectivity index is 2.33. The van der Waals surface area contributed by atoms with E-state index in [9.17, 15) is 19.2 Å². The molecule has 9 nitrogen and oxygen atoms in total. The van der Waals surface area contributed by atoms with Gasteiger partial charge in [-0.3, -0.25) is 4.79 Å². The van der Waals surface area contributed by atoms with Crippen LogP contribution < -0.4 is 27.1 Å². The molecule has 28 heavy (non-hydrogen) atoms. The average molecular weight is 386 g/mol. The van der Waals surface area contributed by atoms with Crippen LogP contribution in [0.4, 0.5) is 5.69 Å². The topological polar surface area (TPSA) is 104 Å². The molecular formula is C19H22N4O5. The van der Waals surface area contributed by atoms with Crippen LogP contribution in [0.3, 0.4) is 0 Å². The molecule has 0 radical (unpaired) electrons. The normalized spacial score (nSPS) is 10.3. The van der Waals surface area contributed by atoms with Crippen LogP contribution in [-0.2, 0) is 24.4 Å². The van der Waals surface area contributed by atoms with Crippen LogP contribution in [-0.4, -0.2) is 26.2 Å². The average Bonchev–Trinajstić information content (AvgIpc) is 2.67. The van der Waals surface area contributed by atoms with Gasteiger partial charge in [-0.1, -0.05) is 12.2 Å². The van der Waals surface area contributed by atoms with Gasteiger partial charge in [0.05, 0.1) is 19.7 Å². The van der Waals surface area contributed by atoms with Crippen LogP contribution >= 0.6 is 0 Å². The summed E-state index contributed by atoms with van der Waals surface area (Å²) in [6, 6.07) is 6.65. The minimum absolute atomic E-state index is 0.0877. The summed E-state index contributed by atoms with van der Waals surface area (Å²) in [6.45, 7) is 8.66. The third kappa shape index (κ3) is 4.56. The van der Waals surface area contributed by atoms with Gasteiger partial charge in [0.15, 0.2) is 0 Å². The number of nitrogens with zero attached hydrogens (tertiary/aromatic N) is 3. The van der Waals surface area contributed by atoms with Gasteiger partial charge in [0.1, 0.15) is 12.3 Å². The standard InChI is InChI=1S/C19H22N4O5/c1-4-11-21-17(25)22(12-5-2)19(27)23(18(21)26)13-16(24)20-14-7-9-15(10-8-14)28-6-3/h4-5,7-10H,1-2,6,11-13H2,3H3,(H,20,24). The minimum Gasteiger partial charge on any atom is -0.494 e. The van der Waals surface area contributed by atoms with Gasteiger partial charge >= 0.3 is 17.1 Å². The van der Waals surface area contributed by atoms with Crippen molar-refractivity contribution >= 4 is 11.6 Å². The Morgan fingerprint density at radius 3 is 1.93 bits per heavy atom. The molecule has 0 aliphatic carbocycles. The molecule has 1 heterocycles. The van der Waals surface area contributed by atoms with Crippen LogP contribution in [0, 0.1) is 0 Å². The van der Waals surface area contributed by atoms with Gasteiger partial charge in [-0.05, 0) is 31.2 Å². The third-order valence-electron chi connectivity index (χ3n) is 3.76. The number of benzene rings is 1. The summed E-state index contributed by atoms with van der Waals surface area (Å²) >= 11 is 0. The minimum atomic E-state index is -0.878. The SMILES string of the molecule is C=CCn1c(=O)n(CC=C)c(=O)n(CC(=O)Nc2ccc(OCC)cc2)c1=O. The van der Waals surface area contributed by atoms with E-state index in [1.54, 1.807) is 24.3 Å². The van der Waals surface area contributed by atoms with Crippen molar-refractivity contribution in [1.29, 1.82) is 0 Å². The molecule has 0 spiro atoms. The Kier molecular flexibility index (Phi) is 6.91. The molecule has 0 atom stereocenters. The molecule has 2 aromatic rings. The zero-order chi connectivity index (χ0) is 20.7. The van der Waals surface area contributed by atoms with Crippen LogP contribution in [0.1, 0.15) is 6.92 Å². The first-order valence-electron chi connectivity index (χ1n) is 8.61. The van der Waals surface area contributed by atoms with E-state index >= 15 is 0 Å². The fraction of sp³-hybridized carbons (Fsp3) is 0.263. The smallest absolute Gasteiger partial charge is 0.337 e. The molecule has 1 N–H and O–H groups in total. The van der Waals surface area contributed by atoms with Crippen molar-refractivity contribution in [3.05, 3.63) is 81.0 Å². The fourth-order valence-electron chi connectivity index (χ4n) is 2.53. The van der Waals surface area contributed by atoms with Gasteiger partial charge in [-0.15, -0.1) is 13.2 Å². The second-order valence-electron chi connectivity index (χ2n) is 5.74. The van der Waals surface area contributed by atoms with Crippen molar-refractivity contribution in [2.45, 2.75) is 26.6 Å². The number of amides is 1. The van der Waals surface area contributed by atoms with E-state index in [1.165, 1.54) is 12.2 Å². The van der Waals surface area contributed by atoms with Crippen molar-refractivity contribution in [2.75, 3.05) is 11.9 Å². The second-order valence-corrected chi connectivity index (χ2v) is 5.74. The van der Waals surface area contributed by atoms with Crippen molar-refractivity contribution in [2.24, 2.45) is 0 Å². The molecule has 0 unspecified atom stereocenters. The first-order valence-corrected chi connectivity index (χ1v) is 8.61. The van der Waals surface area contributed by atoms with E-state index < -0.39 is 29.5 Å². The highest BCUT2D eigenvalue weighted by Gasteiger charge is 2.16. The van der Waals surface area contributed by atoms with Crippen LogP contribution in [0.25, 0.3) is 0 Å². The Hall–Kier alpha value is -3.62. The summed E-state index contributed by atoms with van der Waals surface area (Å²) in [5.41, 5.74) is -2.06. The van der Waals surface area contributed by atoms with Gasteiger partial charge in [-0.25, -0.2) is 28.1 Å². The number of carbonyl (C=O) groups is 1. The highest BCUT2D eigenvalue weighted by Crippen LogP contribution is 2.15. The van der Waals surface area contributed by atoms with Gasteiger partial charge in [0.2, 0.25) is 5.91 Å². The van der Waals surface area contributed by atoms with E-state index in [0.717, 1.165) is 9.13 Å². The monoisotopic (exact) mass is 386 g/mol. The van der Waals surface area contributed by atoms with Gasteiger partial charge in [-0.2, -0.15) is 0 Å². The van der Waals surface area contributed by atoms with Gasteiger partial charge in [0.25, 0.3) is 0 Å². The third-order valence-corrected chi connectivity index (χ3v) is 3.76. The van der Waals surface area contributed by atoms with Crippen molar-refractivity contribution in [1.82, 2.24) is 13.7 Å². The maximum absolute atomic E-state index is 12.5. The van der Waals surface area contributed by atoms with E-state index in [2.05, 4.69) is 18.5 Å². The lowest BCUT2D eigenvalue weighted by Crippen LogP contribution is -2.55. The number of nitrogens with one attached hydrogen (secondary N) is 1. The molecule has 2 rings (SSSR count). The molecule has 0 saturated heterocycles. The molecule has 0 fully saturated rings. The first kappa shape index (κ1) is 20.7. The van der Waals surface area contributed by atoms with Crippen LogP contribution in [0.5, 0.6) is 5.75 Å². The Morgan fingerprint density at radius 1 is 0.964 bits per heavy atom. The van der Waals surface area contributed by atoms with E-state index in [0.29, 0.717) is 22.6 Å². The molecule has 1 aromatic carbocycles. The Morgan fingerprint density at radius 2 is 1.46 bits per heavy atom. The summed E-state index contributed by atoms with van der Waals surface area (Å²) in [5.74, 6) is 0.0675. The maximum Gasteiger partial charge on any atom is 0.337 e. The summed E-state index contributed by atoms with van der Waals surface area (Å²) in [5, 5.41) is 2.60. The zero-order valence-electron chi connectivity index (χ0n) is 15.6. The Bertz CT molecular complexity index is 996. The van der Waals surface area contributed by atoms with Crippen LogP contribution in [0.2, 0.25) is 0 Å². The van der Waals surface area contributed by atoms with E-state index in [4.69, 9.17) is 4.74 Å². The van der Waals surface area contributed by atoms with Crippen molar-refractivity contribution in [3.8, 4) is 5.75 Å². The molecule has 1 amide bonds. The highest BCUT2D eigenvalue weighted by molar-refractivity contribution is 5.90. The summed E-state index contributed by atoms with van der Waals surface area (Å²) < 4.78 is 7.70. The summed E-state index contributed by atoms with van der Waals surface area (Å²) in [6.07, 6.45) is 2.71. The molecule has 0 bridgehead atoms. The largest absolute Gasteiger partial charge is 0.494 e. The predicted octanol–water partition coefficient (Wildman–Crippen LogP) is 0.581. The molecule has 0 saturated carbocycles. The number of ether oxygens (including phenoxy) is 1. The van der Waals surface area contributed by atoms with Gasteiger partial charge in [0, 0.05) is 5.69 Å². The molecule has 0 aliphatic rings. The number of allylic oxidation sites excluding steroid dienone is 2. The predicted molar refractivity (Wildman–Crippen MR) is 106 cm³/mol. The quantitative estimate of drug-likeness (QED) is 0.635. The van der Waals surface area contributed by atoms with E-state index in [1.807, 2.05) is 6.92 Å². The maximum atomic E-state index is 12.5. The lowest BCUT2D eigenvalue weighted by atomic mass is 10.3. The number of hydrogen-bond donors (Lipinski definition) is 1. The molecule has 9 heteroatoms. The van der Waals surface area contributed by atoms with Crippen molar-refractivity contribution in [3.63, 3.8) is 0 Å². The molecule has 148 valence electrons.